The maximum atomic E-state index is 12.7. The second kappa shape index (κ2) is 9.38. The number of esters is 1. The minimum Gasteiger partial charge on any atom is -0.489 e. The third-order valence-electron chi connectivity index (χ3n) is 5.36. The molecule has 34 heavy (non-hydrogen) atoms. The summed E-state index contributed by atoms with van der Waals surface area (Å²) >= 11 is 6.10. The number of fused-ring (bicyclic) bond motifs is 1. The molecule has 0 bridgehead atoms. The summed E-state index contributed by atoms with van der Waals surface area (Å²) in [5.74, 6) is -0.721. The fraction of sp³-hybridized carbons (Fsp3) is 0.200. The van der Waals surface area contributed by atoms with E-state index in [0.717, 1.165) is 21.6 Å². The van der Waals surface area contributed by atoms with Crippen molar-refractivity contribution in [3.63, 3.8) is 0 Å². The predicted octanol–water partition coefficient (Wildman–Crippen LogP) is 5.89. The fourth-order valence-electron chi connectivity index (χ4n) is 3.77. The van der Waals surface area contributed by atoms with E-state index in [2.05, 4.69) is 0 Å². The number of hydrogen-bond acceptors (Lipinski definition) is 4. The highest BCUT2D eigenvalue weighted by molar-refractivity contribution is 6.33. The van der Waals surface area contributed by atoms with Crippen LogP contribution in [-0.4, -0.2) is 36.6 Å². The van der Waals surface area contributed by atoms with Crippen LogP contribution in [0.15, 0.2) is 60.7 Å². The highest BCUT2D eigenvalue weighted by Crippen LogP contribution is 2.30. The molecule has 176 valence electrons. The van der Waals surface area contributed by atoms with E-state index in [4.69, 9.17) is 21.1 Å². The third-order valence-corrected chi connectivity index (χ3v) is 5.69. The minimum atomic E-state index is -4.45. The van der Waals surface area contributed by atoms with Gasteiger partial charge in [-0.25, -0.2) is 4.79 Å². The molecular weight excluding hydrogens is 471 g/mol. The molecule has 0 saturated heterocycles. The van der Waals surface area contributed by atoms with Gasteiger partial charge in [-0.3, -0.25) is 4.79 Å². The number of rotatable bonds is 6. The molecule has 1 heterocycles. The Kier molecular flexibility index (Phi) is 6.52. The van der Waals surface area contributed by atoms with Gasteiger partial charge in [0.2, 0.25) is 0 Å². The van der Waals surface area contributed by atoms with Gasteiger partial charge in [-0.05, 0) is 58.7 Å². The molecule has 0 saturated carbocycles. The van der Waals surface area contributed by atoms with Gasteiger partial charge in [-0.2, -0.15) is 13.2 Å². The average Bonchev–Trinajstić information content (AvgIpc) is 3.10. The summed E-state index contributed by atoms with van der Waals surface area (Å²) < 4.78 is 48.7. The zero-order valence-electron chi connectivity index (χ0n) is 18.0. The third kappa shape index (κ3) is 5.17. The van der Waals surface area contributed by atoms with E-state index in [-0.39, 0.29) is 24.3 Å². The van der Waals surface area contributed by atoms with E-state index < -0.39 is 24.6 Å². The molecule has 1 aliphatic rings. The summed E-state index contributed by atoms with van der Waals surface area (Å²) in [6.45, 7) is -1.20. The molecule has 0 unspecified atom stereocenters. The van der Waals surface area contributed by atoms with Crippen LogP contribution in [0.4, 0.5) is 13.2 Å². The van der Waals surface area contributed by atoms with Crippen LogP contribution >= 0.6 is 11.6 Å². The Labute approximate surface area is 198 Å². The van der Waals surface area contributed by atoms with Crippen LogP contribution in [0.25, 0.3) is 11.1 Å². The van der Waals surface area contributed by atoms with Crippen molar-refractivity contribution in [1.29, 1.82) is 0 Å². The standard InChI is InChI=1S/C25H19ClF3NO4/c1-33-24(32)21-11-17(5-8-22(21)26)16-4-2-3-15(9-16)13-34-19-6-7-20-18(10-19)12-30(23(20)31)14-25(27,28)29/h2-11H,12-14H2,1H3. The molecule has 3 aromatic carbocycles. The first-order valence-corrected chi connectivity index (χ1v) is 10.6. The molecule has 0 fully saturated rings. The van der Waals surface area contributed by atoms with Crippen molar-refractivity contribution in [2.75, 3.05) is 13.7 Å². The van der Waals surface area contributed by atoms with Crippen LogP contribution in [0.3, 0.4) is 0 Å². The van der Waals surface area contributed by atoms with Gasteiger partial charge in [0.15, 0.2) is 0 Å². The molecule has 1 aliphatic heterocycles. The normalized spacial score (nSPS) is 13.1. The highest BCUT2D eigenvalue weighted by Gasteiger charge is 2.37. The number of amides is 1. The molecule has 3 aromatic rings. The lowest BCUT2D eigenvalue weighted by molar-refractivity contribution is -0.140. The van der Waals surface area contributed by atoms with Gasteiger partial charge in [0, 0.05) is 12.1 Å². The van der Waals surface area contributed by atoms with Gasteiger partial charge in [0.1, 0.15) is 18.9 Å². The van der Waals surface area contributed by atoms with Crippen LogP contribution in [0.1, 0.15) is 31.8 Å². The zero-order chi connectivity index (χ0) is 24.5. The molecule has 0 aliphatic carbocycles. The molecule has 9 heteroatoms. The van der Waals surface area contributed by atoms with Crippen LogP contribution in [0.5, 0.6) is 5.75 Å². The topological polar surface area (TPSA) is 55.8 Å². The van der Waals surface area contributed by atoms with Gasteiger partial charge in [0.25, 0.3) is 5.91 Å². The van der Waals surface area contributed by atoms with Gasteiger partial charge in [-0.1, -0.05) is 35.9 Å². The number of carbonyl (C=O) groups excluding carboxylic acids is 2. The van der Waals surface area contributed by atoms with Gasteiger partial charge < -0.3 is 14.4 Å². The smallest absolute Gasteiger partial charge is 0.406 e. The Morgan fingerprint density at radius 2 is 1.82 bits per heavy atom. The quantitative estimate of drug-likeness (QED) is 0.405. The average molecular weight is 490 g/mol. The summed E-state index contributed by atoms with van der Waals surface area (Å²) in [6, 6.07) is 17.2. The molecule has 0 radical (unpaired) electrons. The van der Waals surface area contributed by atoms with Crippen molar-refractivity contribution in [3.05, 3.63) is 87.9 Å². The van der Waals surface area contributed by atoms with Crippen LogP contribution in [0, 0.1) is 0 Å². The number of alkyl halides is 3. The lowest BCUT2D eigenvalue weighted by Crippen LogP contribution is -2.34. The largest absolute Gasteiger partial charge is 0.489 e. The van der Waals surface area contributed by atoms with Crippen molar-refractivity contribution < 1.29 is 32.2 Å². The fourth-order valence-corrected chi connectivity index (χ4v) is 3.96. The number of hydrogen-bond donors (Lipinski definition) is 0. The zero-order valence-corrected chi connectivity index (χ0v) is 18.7. The van der Waals surface area contributed by atoms with Crippen LogP contribution in [0.2, 0.25) is 5.02 Å². The summed E-state index contributed by atoms with van der Waals surface area (Å²) in [5, 5.41) is 0.291. The number of nitrogens with zero attached hydrogens (tertiary/aromatic N) is 1. The Morgan fingerprint density at radius 1 is 1.06 bits per heavy atom. The van der Waals surface area contributed by atoms with Crippen LogP contribution < -0.4 is 4.74 Å². The lowest BCUT2D eigenvalue weighted by atomic mass is 10.0. The van der Waals surface area contributed by atoms with Crippen molar-refractivity contribution in [3.8, 4) is 16.9 Å². The molecule has 1 amide bonds. The number of methoxy groups -OCH3 is 1. The molecule has 0 spiro atoms. The van der Waals surface area contributed by atoms with Crippen molar-refractivity contribution >= 4 is 23.5 Å². The van der Waals surface area contributed by atoms with E-state index >= 15 is 0 Å². The van der Waals surface area contributed by atoms with Gasteiger partial charge in [-0.15, -0.1) is 0 Å². The monoisotopic (exact) mass is 489 g/mol. The number of benzene rings is 3. The summed E-state index contributed by atoms with van der Waals surface area (Å²) in [6.07, 6.45) is -4.45. The predicted molar refractivity (Wildman–Crippen MR) is 120 cm³/mol. The van der Waals surface area contributed by atoms with E-state index in [1.165, 1.54) is 13.2 Å². The SMILES string of the molecule is COC(=O)c1cc(-c2cccc(COc3ccc4c(c3)CN(CC(F)(F)F)C4=O)c2)ccc1Cl. The second-order valence-electron chi connectivity index (χ2n) is 7.77. The number of ether oxygens (including phenoxy) is 2. The first-order valence-electron chi connectivity index (χ1n) is 10.2. The maximum absolute atomic E-state index is 12.7. The summed E-state index contributed by atoms with van der Waals surface area (Å²) in [4.78, 5) is 24.9. The molecule has 4 rings (SSSR count). The molecular formula is C25H19ClF3NO4. The van der Waals surface area contributed by atoms with Gasteiger partial charge in [0.05, 0.1) is 17.7 Å². The van der Waals surface area contributed by atoms with Crippen molar-refractivity contribution in [2.24, 2.45) is 0 Å². The first-order chi connectivity index (χ1) is 16.1. The maximum Gasteiger partial charge on any atom is 0.406 e. The van der Waals surface area contributed by atoms with Crippen molar-refractivity contribution in [2.45, 2.75) is 19.3 Å². The Bertz CT molecular complexity index is 1260. The number of halogens is 4. The van der Waals surface area contributed by atoms with E-state index in [9.17, 15) is 22.8 Å². The van der Waals surface area contributed by atoms with E-state index in [1.807, 2.05) is 24.3 Å². The van der Waals surface area contributed by atoms with E-state index in [1.54, 1.807) is 30.3 Å². The lowest BCUT2D eigenvalue weighted by Gasteiger charge is -2.17. The molecule has 0 N–H and O–H groups in total. The van der Waals surface area contributed by atoms with Gasteiger partial charge >= 0.3 is 12.1 Å². The minimum absolute atomic E-state index is 0.112. The molecule has 0 aromatic heterocycles. The summed E-state index contributed by atoms with van der Waals surface area (Å²) in [5.41, 5.74) is 3.45. The van der Waals surface area contributed by atoms with E-state index in [0.29, 0.717) is 16.3 Å². The Morgan fingerprint density at radius 3 is 2.56 bits per heavy atom. The summed E-state index contributed by atoms with van der Waals surface area (Å²) in [7, 11) is 1.28. The highest BCUT2D eigenvalue weighted by atomic mass is 35.5. The van der Waals surface area contributed by atoms with Crippen LogP contribution in [-0.2, 0) is 17.9 Å². The second-order valence-corrected chi connectivity index (χ2v) is 8.18. The Balaban J connectivity index is 1.47. The van der Waals surface area contributed by atoms with Crippen molar-refractivity contribution in [1.82, 2.24) is 4.90 Å². The Hall–Kier alpha value is -3.52. The molecule has 5 nitrogen and oxygen atoms in total. The first kappa shape index (κ1) is 23.6. The number of carbonyl (C=O) groups is 2. The molecule has 0 atom stereocenters.